The van der Waals surface area contributed by atoms with Gasteiger partial charge < -0.3 is 13.7 Å². The second-order valence-corrected chi connectivity index (χ2v) is 6.00. The number of ether oxygens (including phenoxy) is 1. The molecule has 0 atom stereocenters. The van der Waals surface area contributed by atoms with E-state index in [0.29, 0.717) is 23.0 Å². The minimum Gasteiger partial charge on any atom is -0.485 e. The van der Waals surface area contributed by atoms with Crippen molar-refractivity contribution in [2.24, 2.45) is 0 Å². The first-order chi connectivity index (χ1) is 11.7. The van der Waals surface area contributed by atoms with E-state index in [1.165, 1.54) is 6.07 Å². The molecule has 0 aliphatic rings. The first-order valence-corrected chi connectivity index (χ1v) is 8.16. The predicted octanol–water partition coefficient (Wildman–Crippen LogP) is 3.79. The normalized spacial score (nSPS) is 11.0. The van der Waals surface area contributed by atoms with Crippen molar-refractivity contribution in [1.29, 1.82) is 0 Å². The Bertz CT molecular complexity index is 1050. The van der Waals surface area contributed by atoms with E-state index in [4.69, 9.17) is 13.7 Å². The van der Waals surface area contributed by atoms with Crippen LogP contribution in [0.2, 0.25) is 0 Å². The maximum atomic E-state index is 11.5. The summed E-state index contributed by atoms with van der Waals surface area (Å²) >= 11 is 1.56. The Balaban J connectivity index is 1.54. The summed E-state index contributed by atoms with van der Waals surface area (Å²) in [6, 6.07) is 8.74. The summed E-state index contributed by atoms with van der Waals surface area (Å²) in [7, 11) is 0. The Morgan fingerprint density at radius 2 is 2.17 bits per heavy atom. The van der Waals surface area contributed by atoms with Crippen LogP contribution in [0.15, 0.2) is 54.8 Å². The zero-order valence-electron chi connectivity index (χ0n) is 12.7. The fourth-order valence-electron chi connectivity index (χ4n) is 2.36. The molecule has 7 heteroatoms. The largest absolute Gasteiger partial charge is 0.485 e. The highest BCUT2D eigenvalue weighted by molar-refractivity contribution is 7.08. The molecule has 4 aromatic rings. The minimum absolute atomic E-state index is 0.162. The van der Waals surface area contributed by atoms with Crippen LogP contribution in [0.1, 0.15) is 11.4 Å². The number of rotatable bonds is 4. The van der Waals surface area contributed by atoms with Crippen molar-refractivity contribution in [3.8, 4) is 17.2 Å². The van der Waals surface area contributed by atoms with Gasteiger partial charge in [-0.15, -0.1) is 0 Å². The van der Waals surface area contributed by atoms with E-state index in [-0.39, 0.29) is 12.2 Å². The lowest BCUT2D eigenvalue weighted by molar-refractivity contribution is 0.287. The molecule has 120 valence electrons. The number of thiophene rings is 1. The predicted molar refractivity (Wildman–Crippen MR) is 89.2 cm³/mol. The molecule has 0 aliphatic carbocycles. The van der Waals surface area contributed by atoms with Gasteiger partial charge in [-0.1, -0.05) is 5.16 Å². The highest BCUT2D eigenvalue weighted by Gasteiger charge is 2.10. The third-order valence-corrected chi connectivity index (χ3v) is 4.21. The lowest BCUT2D eigenvalue weighted by atomic mass is 10.1. The van der Waals surface area contributed by atoms with Gasteiger partial charge in [-0.3, -0.25) is 0 Å². The van der Waals surface area contributed by atoms with E-state index in [9.17, 15) is 4.79 Å². The fraction of sp³-hybridized carbons (Fsp3) is 0.118. The van der Waals surface area contributed by atoms with Gasteiger partial charge in [0.2, 0.25) is 5.82 Å². The van der Waals surface area contributed by atoms with Gasteiger partial charge in [-0.05, 0) is 36.1 Å². The molecule has 0 bridgehead atoms. The molecule has 24 heavy (non-hydrogen) atoms. The molecule has 0 saturated heterocycles. The van der Waals surface area contributed by atoms with E-state index in [1.54, 1.807) is 17.4 Å². The van der Waals surface area contributed by atoms with Gasteiger partial charge in [-0.2, -0.15) is 16.3 Å². The van der Waals surface area contributed by atoms with E-state index < -0.39 is 0 Å². The molecule has 0 unspecified atom stereocenters. The van der Waals surface area contributed by atoms with E-state index in [1.807, 2.05) is 35.9 Å². The maximum Gasteiger partial charge on any atom is 0.336 e. The number of fused-ring (bicyclic) bond motifs is 1. The zero-order valence-corrected chi connectivity index (χ0v) is 13.5. The van der Waals surface area contributed by atoms with Gasteiger partial charge in [0.25, 0.3) is 5.89 Å². The summed E-state index contributed by atoms with van der Waals surface area (Å²) in [4.78, 5) is 15.8. The molecule has 3 heterocycles. The molecular weight excluding hydrogens is 328 g/mol. The monoisotopic (exact) mass is 340 g/mol. The first kappa shape index (κ1) is 14.6. The number of hydrogen-bond acceptors (Lipinski definition) is 7. The van der Waals surface area contributed by atoms with Gasteiger partial charge in [0.05, 0.1) is 5.56 Å². The third-order valence-electron chi connectivity index (χ3n) is 3.53. The Morgan fingerprint density at radius 1 is 1.25 bits per heavy atom. The number of aryl methyl sites for hydroxylation is 1. The third kappa shape index (κ3) is 2.81. The summed E-state index contributed by atoms with van der Waals surface area (Å²) in [5, 5.41) is 8.66. The van der Waals surface area contributed by atoms with Crippen LogP contribution in [0.4, 0.5) is 0 Å². The molecule has 0 fully saturated rings. The number of hydrogen-bond donors (Lipinski definition) is 0. The lowest BCUT2D eigenvalue weighted by Crippen LogP contribution is -2.00. The van der Waals surface area contributed by atoms with Gasteiger partial charge in [0.1, 0.15) is 11.3 Å². The summed E-state index contributed by atoms with van der Waals surface area (Å²) in [6.07, 6.45) is 0. The van der Waals surface area contributed by atoms with Crippen LogP contribution in [0.5, 0.6) is 5.75 Å². The molecule has 0 amide bonds. The molecular formula is C17H12N2O4S. The number of aromatic nitrogens is 2. The summed E-state index contributed by atoms with van der Waals surface area (Å²) < 4.78 is 16.1. The minimum atomic E-state index is -0.379. The fourth-order valence-corrected chi connectivity index (χ4v) is 2.99. The van der Waals surface area contributed by atoms with Crippen molar-refractivity contribution >= 4 is 22.3 Å². The molecule has 0 N–H and O–H groups in total. The quantitative estimate of drug-likeness (QED) is 0.526. The smallest absolute Gasteiger partial charge is 0.336 e. The van der Waals surface area contributed by atoms with Gasteiger partial charge >= 0.3 is 5.63 Å². The van der Waals surface area contributed by atoms with Gasteiger partial charge in [-0.25, -0.2) is 4.79 Å². The average molecular weight is 340 g/mol. The molecule has 0 spiro atoms. The van der Waals surface area contributed by atoms with Crippen LogP contribution in [-0.4, -0.2) is 10.1 Å². The molecule has 1 aromatic carbocycles. The van der Waals surface area contributed by atoms with Crippen LogP contribution in [0, 0.1) is 6.92 Å². The van der Waals surface area contributed by atoms with E-state index >= 15 is 0 Å². The first-order valence-electron chi connectivity index (χ1n) is 7.21. The van der Waals surface area contributed by atoms with Crippen molar-refractivity contribution in [1.82, 2.24) is 10.1 Å². The standard InChI is InChI=1S/C17H12N2O4S/c1-10-6-16(20)22-14-7-12(2-3-13(10)14)21-8-15-18-17(23-19-15)11-4-5-24-9-11/h2-7,9H,8H2,1H3. The lowest BCUT2D eigenvalue weighted by Gasteiger charge is -2.05. The van der Waals surface area contributed by atoms with Gasteiger partial charge in [0.15, 0.2) is 6.61 Å². The molecule has 4 rings (SSSR count). The highest BCUT2D eigenvalue weighted by atomic mass is 32.1. The van der Waals surface area contributed by atoms with Crippen LogP contribution in [-0.2, 0) is 6.61 Å². The second-order valence-electron chi connectivity index (χ2n) is 5.22. The summed E-state index contributed by atoms with van der Waals surface area (Å²) in [6.45, 7) is 2.03. The molecule has 3 aromatic heterocycles. The van der Waals surface area contributed by atoms with Crippen LogP contribution >= 0.6 is 11.3 Å². The van der Waals surface area contributed by atoms with Crippen molar-refractivity contribution in [3.63, 3.8) is 0 Å². The topological polar surface area (TPSA) is 78.4 Å². The Morgan fingerprint density at radius 3 is 3.00 bits per heavy atom. The maximum absolute atomic E-state index is 11.5. The molecule has 6 nitrogen and oxygen atoms in total. The van der Waals surface area contributed by atoms with Crippen molar-refractivity contribution in [2.75, 3.05) is 0 Å². The average Bonchev–Trinajstić information content (AvgIpc) is 3.23. The number of nitrogens with zero attached hydrogens (tertiary/aromatic N) is 2. The van der Waals surface area contributed by atoms with Crippen molar-refractivity contribution in [3.05, 3.63) is 62.9 Å². The summed E-state index contributed by atoms with van der Waals surface area (Å²) in [5.41, 5.74) is 1.87. The molecule has 0 saturated carbocycles. The van der Waals surface area contributed by atoms with E-state index in [2.05, 4.69) is 10.1 Å². The zero-order chi connectivity index (χ0) is 16.5. The Labute approximate surface area is 140 Å². The molecule has 0 radical (unpaired) electrons. The highest BCUT2D eigenvalue weighted by Crippen LogP contribution is 2.23. The van der Waals surface area contributed by atoms with Crippen LogP contribution in [0.3, 0.4) is 0 Å². The van der Waals surface area contributed by atoms with Crippen LogP contribution in [0.25, 0.3) is 22.4 Å². The van der Waals surface area contributed by atoms with Crippen LogP contribution < -0.4 is 10.4 Å². The summed E-state index contributed by atoms with van der Waals surface area (Å²) in [5.74, 6) is 1.48. The Hall–Kier alpha value is -2.93. The van der Waals surface area contributed by atoms with Crippen molar-refractivity contribution in [2.45, 2.75) is 13.5 Å². The van der Waals surface area contributed by atoms with Gasteiger partial charge in [0, 0.05) is 22.9 Å². The van der Waals surface area contributed by atoms with Crippen molar-refractivity contribution < 1.29 is 13.7 Å². The molecule has 0 aliphatic heterocycles. The SMILES string of the molecule is Cc1cc(=O)oc2cc(OCc3noc(-c4ccsc4)n3)ccc12. The second kappa shape index (κ2) is 5.93. The Kier molecular flexibility index (Phi) is 3.62. The number of benzene rings is 1. The van der Waals surface area contributed by atoms with E-state index in [0.717, 1.165) is 16.5 Å².